The molecule has 0 aliphatic rings. The zero-order valence-electron chi connectivity index (χ0n) is 16.8. The fraction of sp³-hybridized carbons (Fsp3) is 0.150. The monoisotopic (exact) mass is 477 g/mol. The molecule has 4 rings (SSSR count). The molecule has 4 aromatic rings. The number of para-hydroxylation sites is 2. The van der Waals surface area contributed by atoms with Crippen molar-refractivity contribution >= 4 is 37.0 Å². The summed E-state index contributed by atoms with van der Waals surface area (Å²) in [4.78, 5) is 17.7. The molecule has 0 atom stereocenters. The fourth-order valence-electron chi connectivity index (χ4n) is 2.65. The lowest BCUT2D eigenvalue weighted by Crippen LogP contribution is -2.18. The van der Waals surface area contributed by atoms with Crippen molar-refractivity contribution < 1.29 is 23.2 Å². The molecule has 0 amide bonds. The van der Waals surface area contributed by atoms with Crippen molar-refractivity contribution in [1.82, 2.24) is 19.7 Å². The first kappa shape index (κ1) is 23.3. The molecule has 2 N–H and O–H groups in total. The minimum atomic E-state index is -3.64. The highest BCUT2D eigenvalue weighted by Gasteiger charge is 2.29. The molecule has 2 heterocycles. The second kappa shape index (κ2) is 10.8. The highest BCUT2D eigenvalue weighted by Crippen LogP contribution is 2.48. The zero-order valence-corrected chi connectivity index (χ0v) is 18.5. The number of aromatic nitrogens is 4. The summed E-state index contributed by atoms with van der Waals surface area (Å²) in [6.45, 7) is 0.270. The van der Waals surface area contributed by atoms with E-state index in [1.807, 2.05) is 12.1 Å². The third-order valence-electron chi connectivity index (χ3n) is 4.01. The van der Waals surface area contributed by atoms with Crippen LogP contribution in [-0.4, -0.2) is 39.2 Å². The van der Waals surface area contributed by atoms with Crippen molar-refractivity contribution in [2.75, 3.05) is 25.3 Å². The van der Waals surface area contributed by atoms with Gasteiger partial charge in [-0.25, -0.2) is 19.5 Å². The summed E-state index contributed by atoms with van der Waals surface area (Å²) in [6, 6.07) is 17.6. The maximum absolute atomic E-state index is 13.3. The molecule has 168 valence electrons. The number of ether oxygens (including phenoxy) is 1. The predicted octanol–water partition coefficient (Wildman–Crippen LogP) is 3.58. The third-order valence-corrected chi connectivity index (χ3v) is 5.49. The Morgan fingerprint density at radius 3 is 2.12 bits per heavy atom. The largest absolute Gasteiger partial charge is 0.456 e. The summed E-state index contributed by atoms with van der Waals surface area (Å²) in [5.74, 6) is 1.10. The Balaban J connectivity index is 0.00000289. The summed E-state index contributed by atoms with van der Waals surface area (Å²) >= 11 is 0. The summed E-state index contributed by atoms with van der Waals surface area (Å²) in [6.07, 6.45) is 2.51. The van der Waals surface area contributed by atoms with Crippen LogP contribution in [0.4, 0.5) is 5.82 Å². The summed E-state index contributed by atoms with van der Waals surface area (Å²) < 4.78 is 31.5. The fourth-order valence-corrected chi connectivity index (χ4v) is 4.03. The number of benzene rings is 2. The Morgan fingerprint density at radius 1 is 0.875 bits per heavy atom. The maximum atomic E-state index is 13.3. The van der Waals surface area contributed by atoms with Crippen LogP contribution in [0.2, 0.25) is 0 Å². The summed E-state index contributed by atoms with van der Waals surface area (Å²) in [5.41, 5.74) is 6.64. The standard InChI is InChI=1S/C20H20N5O5P.ClH/c21-19-18-20(23-13-22-19)25(14-24-18)28-12-11-27-15-31(26,29-16-7-3-1-4-8-16)30-17-9-5-2-6-10-17;/h1-10,13-14H,11-12,15H2,(H2,21,22,23);1H. The van der Waals surface area contributed by atoms with Gasteiger partial charge in [0.2, 0.25) is 5.65 Å². The van der Waals surface area contributed by atoms with E-state index in [1.165, 1.54) is 17.4 Å². The zero-order chi connectivity index (χ0) is 21.5. The minimum absolute atomic E-state index is 0. The molecular formula is C20H21ClN5O5P. The minimum Gasteiger partial charge on any atom is -0.415 e. The molecule has 0 saturated carbocycles. The van der Waals surface area contributed by atoms with E-state index >= 15 is 0 Å². The first-order chi connectivity index (χ1) is 15.1. The lowest BCUT2D eigenvalue weighted by Gasteiger charge is -2.20. The Morgan fingerprint density at radius 2 is 1.50 bits per heavy atom. The van der Waals surface area contributed by atoms with E-state index in [-0.39, 0.29) is 37.8 Å². The lowest BCUT2D eigenvalue weighted by molar-refractivity contribution is 0.0528. The Labute approximate surface area is 190 Å². The van der Waals surface area contributed by atoms with Gasteiger partial charge < -0.3 is 24.4 Å². The van der Waals surface area contributed by atoms with E-state index in [1.54, 1.807) is 48.5 Å². The van der Waals surface area contributed by atoms with Crippen molar-refractivity contribution in [3.63, 3.8) is 0 Å². The smallest absolute Gasteiger partial charge is 0.415 e. The van der Waals surface area contributed by atoms with Crippen LogP contribution in [0.3, 0.4) is 0 Å². The molecule has 0 saturated heterocycles. The normalized spacial score (nSPS) is 11.0. The molecular weight excluding hydrogens is 457 g/mol. The van der Waals surface area contributed by atoms with Gasteiger partial charge in [-0.3, -0.25) is 0 Å². The number of halogens is 1. The number of rotatable bonds is 10. The van der Waals surface area contributed by atoms with Gasteiger partial charge in [-0.2, -0.15) is 4.73 Å². The molecule has 10 nitrogen and oxygen atoms in total. The van der Waals surface area contributed by atoms with Gasteiger partial charge >= 0.3 is 7.60 Å². The molecule has 0 spiro atoms. The summed E-state index contributed by atoms with van der Waals surface area (Å²) in [7, 11) is -3.64. The average molecular weight is 478 g/mol. The highest BCUT2D eigenvalue weighted by atomic mass is 35.5. The van der Waals surface area contributed by atoms with Crippen LogP contribution in [0.1, 0.15) is 0 Å². The van der Waals surface area contributed by atoms with Gasteiger partial charge in [-0.05, 0) is 24.3 Å². The van der Waals surface area contributed by atoms with Crippen LogP contribution in [0.15, 0.2) is 73.3 Å². The maximum Gasteiger partial charge on any atom is 0.456 e. The molecule has 0 unspecified atom stereocenters. The van der Waals surface area contributed by atoms with Crippen LogP contribution < -0.4 is 19.6 Å². The highest BCUT2D eigenvalue weighted by molar-refractivity contribution is 7.54. The molecule has 0 aliphatic heterocycles. The van der Waals surface area contributed by atoms with Gasteiger partial charge in [0.05, 0.1) is 6.61 Å². The number of nitrogens with zero attached hydrogens (tertiary/aromatic N) is 4. The Kier molecular flexibility index (Phi) is 7.88. The van der Waals surface area contributed by atoms with Crippen LogP contribution >= 0.6 is 20.0 Å². The van der Waals surface area contributed by atoms with Crippen molar-refractivity contribution in [3.05, 3.63) is 73.3 Å². The number of hydrogen-bond acceptors (Lipinski definition) is 9. The SMILES string of the molecule is Cl.Nc1ncnc2c1ncn2OCCOCP(=O)(Oc1ccccc1)Oc1ccccc1. The van der Waals surface area contributed by atoms with Gasteiger partial charge in [0.15, 0.2) is 17.7 Å². The van der Waals surface area contributed by atoms with Crippen LogP contribution in [0, 0.1) is 0 Å². The van der Waals surface area contributed by atoms with E-state index in [0.29, 0.717) is 22.7 Å². The van der Waals surface area contributed by atoms with E-state index in [0.717, 1.165) is 0 Å². The lowest BCUT2D eigenvalue weighted by atomic mass is 10.3. The number of imidazole rings is 1. The first-order valence-electron chi connectivity index (χ1n) is 9.36. The van der Waals surface area contributed by atoms with Gasteiger partial charge in [0.1, 0.15) is 30.8 Å². The number of nitrogens with two attached hydrogens (primary N) is 1. The molecule has 12 heteroatoms. The van der Waals surface area contributed by atoms with Crippen molar-refractivity contribution in [1.29, 1.82) is 0 Å². The van der Waals surface area contributed by atoms with E-state index < -0.39 is 7.60 Å². The molecule has 0 fully saturated rings. The molecule has 0 bridgehead atoms. The topological polar surface area (TPSA) is 124 Å². The number of nitrogen functional groups attached to an aromatic ring is 1. The number of anilines is 1. The van der Waals surface area contributed by atoms with Crippen LogP contribution in [0.5, 0.6) is 11.5 Å². The number of fused-ring (bicyclic) bond motifs is 1. The van der Waals surface area contributed by atoms with Crippen LogP contribution in [0.25, 0.3) is 11.2 Å². The van der Waals surface area contributed by atoms with Gasteiger partial charge in [-0.15, -0.1) is 12.4 Å². The predicted molar refractivity (Wildman–Crippen MR) is 121 cm³/mol. The van der Waals surface area contributed by atoms with Gasteiger partial charge in [0.25, 0.3) is 0 Å². The van der Waals surface area contributed by atoms with Gasteiger partial charge in [0, 0.05) is 0 Å². The second-order valence-corrected chi connectivity index (χ2v) is 8.14. The second-order valence-electron chi connectivity index (χ2n) is 6.29. The quantitative estimate of drug-likeness (QED) is 0.269. The molecule has 0 radical (unpaired) electrons. The summed E-state index contributed by atoms with van der Waals surface area (Å²) in [5, 5.41) is 0. The average Bonchev–Trinajstić information content (AvgIpc) is 3.19. The van der Waals surface area contributed by atoms with E-state index in [4.69, 9.17) is 24.4 Å². The Hall–Kier alpha value is -3.33. The van der Waals surface area contributed by atoms with Crippen molar-refractivity contribution in [2.24, 2.45) is 0 Å². The van der Waals surface area contributed by atoms with Crippen molar-refractivity contribution in [2.45, 2.75) is 0 Å². The van der Waals surface area contributed by atoms with Gasteiger partial charge in [-0.1, -0.05) is 36.4 Å². The third kappa shape index (κ3) is 5.88. The molecule has 0 aliphatic carbocycles. The molecule has 32 heavy (non-hydrogen) atoms. The van der Waals surface area contributed by atoms with Crippen LogP contribution in [-0.2, 0) is 9.30 Å². The Bertz CT molecular complexity index is 1130. The van der Waals surface area contributed by atoms with Crippen molar-refractivity contribution in [3.8, 4) is 11.5 Å². The van der Waals surface area contributed by atoms with E-state index in [9.17, 15) is 4.57 Å². The number of hydrogen-bond donors (Lipinski definition) is 1. The first-order valence-corrected chi connectivity index (χ1v) is 11.1. The molecule has 2 aromatic heterocycles. The molecule has 2 aromatic carbocycles. The van der Waals surface area contributed by atoms with E-state index in [2.05, 4.69) is 15.0 Å².